The van der Waals surface area contributed by atoms with Crippen molar-refractivity contribution < 1.29 is 4.74 Å². The molecule has 0 aliphatic carbocycles. The van der Waals surface area contributed by atoms with E-state index in [0.717, 1.165) is 3.57 Å². The smallest absolute Gasteiger partial charge is 0.243 e. The van der Waals surface area contributed by atoms with Gasteiger partial charge < -0.3 is 10.1 Å². The lowest BCUT2D eigenvalue weighted by Crippen LogP contribution is -1.98. The minimum Gasteiger partial charge on any atom is -0.437 e. The van der Waals surface area contributed by atoms with Crippen LogP contribution < -0.4 is 10.1 Å². The summed E-state index contributed by atoms with van der Waals surface area (Å²) in [6.45, 7) is 0. The van der Waals surface area contributed by atoms with Crippen LogP contribution in [0.5, 0.6) is 11.6 Å². The van der Waals surface area contributed by atoms with Gasteiger partial charge in [0.1, 0.15) is 10.8 Å². The van der Waals surface area contributed by atoms with Crippen LogP contribution in [0.1, 0.15) is 0 Å². The van der Waals surface area contributed by atoms with Gasteiger partial charge in [-0.3, -0.25) is 0 Å². The lowest BCUT2D eigenvalue weighted by atomic mass is 10.3. The Morgan fingerprint density at radius 1 is 1.41 bits per heavy atom. The summed E-state index contributed by atoms with van der Waals surface area (Å²) in [5.41, 5.74) is 0. The molecule has 1 heterocycles. The van der Waals surface area contributed by atoms with Crippen LogP contribution in [0, 0.1) is 3.57 Å². The van der Waals surface area contributed by atoms with Gasteiger partial charge in [0.15, 0.2) is 0 Å². The molecule has 0 spiro atoms. The number of halogens is 2. The molecule has 1 N–H and O–H groups in total. The lowest BCUT2D eigenvalue weighted by molar-refractivity contribution is 0.462. The quantitative estimate of drug-likeness (QED) is 0.849. The van der Waals surface area contributed by atoms with Crippen molar-refractivity contribution in [2.45, 2.75) is 0 Å². The molecule has 0 aliphatic rings. The van der Waals surface area contributed by atoms with Crippen LogP contribution in [0.2, 0.25) is 5.02 Å². The Kier molecular flexibility index (Phi) is 4.01. The SMILES string of the molecule is CNc1ncc(Cl)c(Oc2cccc(I)c2)n1. The summed E-state index contributed by atoms with van der Waals surface area (Å²) < 4.78 is 6.69. The zero-order valence-electron chi connectivity index (χ0n) is 8.95. The minimum absolute atomic E-state index is 0.341. The van der Waals surface area contributed by atoms with E-state index in [4.69, 9.17) is 16.3 Å². The van der Waals surface area contributed by atoms with Gasteiger partial charge in [-0.05, 0) is 40.8 Å². The number of nitrogens with one attached hydrogen (secondary N) is 1. The molecule has 17 heavy (non-hydrogen) atoms. The highest BCUT2D eigenvalue weighted by Gasteiger charge is 2.07. The predicted molar refractivity (Wildman–Crippen MR) is 75.8 cm³/mol. The van der Waals surface area contributed by atoms with Gasteiger partial charge in [-0.1, -0.05) is 17.7 Å². The van der Waals surface area contributed by atoms with E-state index in [2.05, 4.69) is 37.9 Å². The molecule has 0 unspecified atom stereocenters. The van der Waals surface area contributed by atoms with Crippen molar-refractivity contribution in [3.8, 4) is 11.6 Å². The Bertz CT molecular complexity index is 536. The van der Waals surface area contributed by atoms with Crippen LogP contribution in [-0.4, -0.2) is 17.0 Å². The first kappa shape index (κ1) is 12.4. The summed E-state index contributed by atoms with van der Waals surface area (Å²) >= 11 is 8.18. The molecule has 88 valence electrons. The van der Waals surface area contributed by atoms with Crippen molar-refractivity contribution in [3.05, 3.63) is 39.1 Å². The molecule has 0 bridgehead atoms. The Morgan fingerprint density at radius 2 is 2.24 bits per heavy atom. The first-order valence-corrected chi connectivity index (χ1v) is 6.28. The van der Waals surface area contributed by atoms with E-state index in [-0.39, 0.29) is 0 Å². The Hall–Kier alpha value is -1.08. The number of ether oxygens (including phenoxy) is 1. The summed E-state index contributed by atoms with van der Waals surface area (Å²) in [6, 6.07) is 7.64. The molecule has 0 radical (unpaired) electrons. The maximum Gasteiger partial charge on any atom is 0.243 e. The van der Waals surface area contributed by atoms with E-state index in [9.17, 15) is 0 Å². The Labute approximate surface area is 118 Å². The van der Waals surface area contributed by atoms with Gasteiger partial charge in [-0.2, -0.15) is 4.98 Å². The van der Waals surface area contributed by atoms with Crippen molar-refractivity contribution in [3.63, 3.8) is 0 Å². The highest BCUT2D eigenvalue weighted by atomic mass is 127. The van der Waals surface area contributed by atoms with Gasteiger partial charge in [0.05, 0.1) is 6.20 Å². The average Bonchev–Trinajstić information content (AvgIpc) is 2.32. The first-order chi connectivity index (χ1) is 8.19. The minimum atomic E-state index is 0.341. The topological polar surface area (TPSA) is 47.0 Å². The Balaban J connectivity index is 2.29. The van der Waals surface area contributed by atoms with E-state index in [0.29, 0.717) is 22.6 Å². The van der Waals surface area contributed by atoms with Crippen molar-refractivity contribution >= 4 is 40.1 Å². The molecule has 1 aromatic carbocycles. The maximum absolute atomic E-state index is 5.96. The average molecular weight is 362 g/mol. The fraction of sp³-hybridized carbons (Fsp3) is 0.0909. The monoisotopic (exact) mass is 361 g/mol. The molecule has 0 fully saturated rings. The van der Waals surface area contributed by atoms with Crippen LogP contribution in [0.25, 0.3) is 0 Å². The molecule has 2 rings (SSSR count). The van der Waals surface area contributed by atoms with Crippen molar-refractivity contribution in [2.24, 2.45) is 0 Å². The van der Waals surface area contributed by atoms with Gasteiger partial charge in [-0.25, -0.2) is 4.98 Å². The molecule has 0 aliphatic heterocycles. The molecule has 1 aromatic heterocycles. The summed E-state index contributed by atoms with van der Waals surface area (Å²) in [5.74, 6) is 1.50. The van der Waals surface area contributed by atoms with Crippen LogP contribution >= 0.6 is 34.2 Å². The maximum atomic E-state index is 5.96. The molecule has 0 atom stereocenters. The second-order valence-electron chi connectivity index (χ2n) is 3.16. The molecule has 0 saturated heterocycles. The summed E-state index contributed by atoms with van der Waals surface area (Å²) in [6.07, 6.45) is 1.50. The molecule has 4 nitrogen and oxygen atoms in total. The van der Waals surface area contributed by atoms with Gasteiger partial charge in [0.2, 0.25) is 11.8 Å². The van der Waals surface area contributed by atoms with Crippen LogP contribution in [0.3, 0.4) is 0 Å². The van der Waals surface area contributed by atoms with Gasteiger partial charge in [-0.15, -0.1) is 0 Å². The first-order valence-electron chi connectivity index (χ1n) is 4.83. The Morgan fingerprint density at radius 3 is 2.94 bits per heavy atom. The number of rotatable bonds is 3. The van der Waals surface area contributed by atoms with Gasteiger partial charge in [0.25, 0.3) is 0 Å². The van der Waals surface area contributed by atoms with Gasteiger partial charge >= 0.3 is 0 Å². The van der Waals surface area contributed by atoms with Crippen molar-refractivity contribution in [1.29, 1.82) is 0 Å². The molecular formula is C11H9ClIN3O. The van der Waals surface area contributed by atoms with E-state index >= 15 is 0 Å². The largest absolute Gasteiger partial charge is 0.437 e. The molecule has 6 heteroatoms. The second-order valence-corrected chi connectivity index (χ2v) is 4.81. The van der Waals surface area contributed by atoms with E-state index < -0.39 is 0 Å². The summed E-state index contributed by atoms with van der Waals surface area (Å²) in [5, 5.41) is 3.21. The fourth-order valence-electron chi connectivity index (χ4n) is 1.19. The fourth-order valence-corrected chi connectivity index (χ4v) is 1.83. The zero-order valence-corrected chi connectivity index (χ0v) is 11.9. The van der Waals surface area contributed by atoms with E-state index in [1.54, 1.807) is 7.05 Å². The van der Waals surface area contributed by atoms with Gasteiger partial charge in [0, 0.05) is 10.6 Å². The lowest BCUT2D eigenvalue weighted by Gasteiger charge is -2.07. The third kappa shape index (κ3) is 3.19. The molecule has 2 aromatic rings. The van der Waals surface area contributed by atoms with Crippen LogP contribution in [0.15, 0.2) is 30.5 Å². The summed E-state index contributed by atoms with van der Waals surface area (Å²) in [7, 11) is 1.73. The predicted octanol–water partition coefficient (Wildman–Crippen LogP) is 3.57. The third-order valence-corrected chi connectivity index (χ3v) is 2.88. The number of hydrogen-bond donors (Lipinski definition) is 1. The van der Waals surface area contributed by atoms with Crippen molar-refractivity contribution in [1.82, 2.24) is 9.97 Å². The second kappa shape index (κ2) is 5.50. The number of anilines is 1. The zero-order chi connectivity index (χ0) is 12.3. The van der Waals surface area contributed by atoms with Crippen LogP contribution in [-0.2, 0) is 0 Å². The highest BCUT2D eigenvalue weighted by molar-refractivity contribution is 14.1. The standard InChI is InChI=1S/C11H9ClIN3O/c1-14-11-15-6-9(12)10(16-11)17-8-4-2-3-7(13)5-8/h2-6H,1H3,(H,14,15,16). The number of benzene rings is 1. The highest BCUT2D eigenvalue weighted by Crippen LogP contribution is 2.28. The summed E-state index contributed by atoms with van der Waals surface area (Å²) in [4.78, 5) is 8.12. The number of nitrogens with zero attached hydrogens (tertiary/aromatic N) is 2. The van der Waals surface area contributed by atoms with Crippen LogP contribution in [0.4, 0.5) is 5.95 Å². The van der Waals surface area contributed by atoms with Crippen molar-refractivity contribution in [2.75, 3.05) is 12.4 Å². The number of hydrogen-bond acceptors (Lipinski definition) is 4. The van der Waals surface area contributed by atoms with E-state index in [1.807, 2.05) is 24.3 Å². The normalized spacial score (nSPS) is 10.1. The molecule has 0 saturated carbocycles. The molecule has 0 amide bonds. The van der Waals surface area contributed by atoms with E-state index in [1.165, 1.54) is 6.20 Å². The molecular weight excluding hydrogens is 352 g/mol. The number of aromatic nitrogens is 2. The third-order valence-electron chi connectivity index (χ3n) is 1.95.